The summed E-state index contributed by atoms with van der Waals surface area (Å²) < 4.78 is 5.13. The van der Waals surface area contributed by atoms with Crippen LogP contribution < -0.4 is 4.90 Å². The summed E-state index contributed by atoms with van der Waals surface area (Å²) in [6.45, 7) is 12.2. The van der Waals surface area contributed by atoms with Gasteiger partial charge in [-0.05, 0) is 64.4 Å². The molecule has 1 aliphatic heterocycles. The van der Waals surface area contributed by atoms with Crippen molar-refractivity contribution in [1.29, 1.82) is 0 Å². The molecule has 0 amide bonds. The van der Waals surface area contributed by atoms with E-state index >= 15 is 0 Å². The van der Waals surface area contributed by atoms with Gasteiger partial charge >= 0.3 is 5.97 Å². The van der Waals surface area contributed by atoms with Crippen LogP contribution in [0.2, 0.25) is 0 Å². The summed E-state index contributed by atoms with van der Waals surface area (Å²) in [5, 5.41) is 0. The molecular formula is C24H31N3O4. The molecule has 3 rings (SSSR count). The van der Waals surface area contributed by atoms with E-state index in [1.807, 2.05) is 31.2 Å². The number of carbonyl (C=O) groups excluding carboxylic acids is 3. The molecule has 1 N–H and O–H groups in total. The van der Waals surface area contributed by atoms with Crippen LogP contribution in [0, 0.1) is 13.8 Å². The summed E-state index contributed by atoms with van der Waals surface area (Å²) in [5.41, 5.74) is 4.04. The molecule has 0 radical (unpaired) electrons. The molecular weight excluding hydrogens is 394 g/mol. The minimum absolute atomic E-state index is 0.0181. The average molecular weight is 426 g/mol. The third kappa shape index (κ3) is 4.71. The Bertz CT molecular complexity index is 969. The number of Topliss-reactive ketones (excluding diaryl/α,β-unsaturated/α-hetero) is 2. The van der Waals surface area contributed by atoms with Crippen molar-refractivity contribution in [3.05, 3.63) is 52.3 Å². The molecule has 2 heterocycles. The lowest BCUT2D eigenvalue weighted by Gasteiger charge is -2.38. The van der Waals surface area contributed by atoms with Crippen LogP contribution >= 0.6 is 0 Å². The Hall–Kier alpha value is -2.93. The number of hydrogen-bond donors (Lipinski definition) is 1. The van der Waals surface area contributed by atoms with Crippen LogP contribution in [0.5, 0.6) is 0 Å². The number of ether oxygens (including phenoxy) is 1. The number of H-pyrrole nitrogens is 1. The van der Waals surface area contributed by atoms with Crippen molar-refractivity contribution in [2.75, 3.05) is 37.7 Å². The Kier molecular flexibility index (Phi) is 6.95. The van der Waals surface area contributed by atoms with Crippen molar-refractivity contribution in [3.63, 3.8) is 0 Å². The fraction of sp³-hybridized carbons (Fsp3) is 0.458. The molecule has 1 aliphatic rings. The van der Waals surface area contributed by atoms with Gasteiger partial charge in [0.05, 0.1) is 23.9 Å². The molecule has 1 saturated heterocycles. The zero-order valence-corrected chi connectivity index (χ0v) is 18.9. The second kappa shape index (κ2) is 9.47. The van der Waals surface area contributed by atoms with E-state index in [4.69, 9.17) is 4.74 Å². The van der Waals surface area contributed by atoms with Gasteiger partial charge in [0.1, 0.15) is 0 Å². The van der Waals surface area contributed by atoms with Crippen molar-refractivity contribution in [3.8, 4) is 0 Å². The largest absolute Gasteiger partial charge is 0.462 e. The van der Waals surface area contributed by atoms with Gasteiger partial charge in [-0.25, -0.2) is 4.79 Å². The number of aromatic nitrogens is 1. The highest BCUT2D eigenvalue weighted by Gasteiger charge is 2.30. The number of benzene rings is 1. The lowest BCUT2D eigenvalue weighted by molar-refractivity contribution is 0.0525. The van der Waals surface area contributed by atoms with Crippen molar-refractivity contribution >= 4 is 23.2 Å². The molecule has 0 aliphatic carbocycles. The van der Waals surface area contributed by atoms with Crippen LogP contribution in [0.3, 0.4) is 0 Å². The van der Waals surface area contributed by atoms with Crippen LogP contribution in [0.1, 0.15) is 63.2 Å². The van der Waals surface area contributed by atoms with Crippen LogP contribution in [0.25, 0.3) is 0 Å². The van der Waals surface area contributed by atoms with E-state index in [-0.39, 0.29) is 17.6 Å². The molecule has 0 bridgehead atoms. The van der Waals surface area contributed by atoms with Gasteiger partial charge in [0.15, 0.2) is 11.6 Å². The Labute approximate surface area is 183 Å². The van der Waals surface area contributed by atoms with E-state index in [1.54, 1.807) is 27.7 Å². The molecule has 0 unspecified atom stereocenters. The Morgan fingerprint density at radius 3 is 2.23 bits per heavy atom. The fourth-order valence-corrected chi connectivity index (χ4v) is 4.15. The Balaban J connectivity index is 1.66. The molecule has 1 aromatic heterocycles. The van der Waals surface area contributed by atoms with Crippen molar-refractivity contribution in [2.45, 2.75) is 40.7 Å². The van der Waals surface area contributed by atoms with E-state index in [0.717, 1.165) is 31.9 Å². The predicted molar refractivity (Wildman–Crippen MR) is 120 cm³/mol. The summed E-state index contributed by atoms with van der Waals surface area (Å²) >= 11 is 0. The maximum atomic E-state index is 13.2. The van der Waals surface area contributed by atoms with Crippen LogP contribution in [0.4, 0.5) is 5.69 Å². The van der Waals surface area contributed by atoms with Crippen LogP contribution in [0.15, 0.2) is 24.3 Å². The highest BCUT2D eigenvalue weighted by molar-refractivity contribution is 6.03. The van der Waals surface area contributed by atoms with Crippen molar-refractivity contribution in [1.82, 2.24) is 9.88 Å². The van der Waals surface area contributed by atoms with Gasteiger partial charge in [-0.3, -0.25) is 14.5 Å². The molecule has 0 saturated carbocycles. The maximum Gasteiger partial charge on any atom is 0.340 e. The summed E-state index contributed by atoms with van der Waals surface area (Å²) in [7, 11) is 0. The van der Waals surface area contributed by atoms with Crippen LogP contribution in [-0.2, 0) is 4.74 Å². The minimum atomic E-state index is -0.398. The van der Waals surface area contributed by atoms with Crippen molar-refractivity contribution in [2.24, 2.45) is 0 Å². The predicted octanol–water partition coefficient (Wildman–Crippen LogP) is 3.40. The van der Waals surface area contributed by atoms with E-state index in [2.05, 4.69) is 14.8 Å². The standard InChI is InChI=1S/C24H31N3O4/c1-6-31-24(30)21-15(2)22(25-16(21)3)23(29)17(4)26-11-13-27(14-12-26)20-9-7-19(8-10-20)18(5)28/h7-10,17,25H,6,11-14H2,1-5H3/t17-/m1/s1. The number of hydrogen-bond acceptors (Lipinski definition) is 6. The molecule has 166 valence electrons. The summed E-state index contributed by atoms with van der Waals surface area (Å²) in [5.74, 6) is -0.357. The topological polar surface area (TPSA) is 82.7 Å². The number of aromatic amines is 1. The monoisotopic (exact) mass is 425 g/mol. The molecule has 0 spiro atoms. The maximum absolute atomic E-state index is 13.2. The second-order valence-electron chi connectivity index (χ2n) is 8.01. The number of aryl methyl sites for hydroxylation is 1. The SMILES string of the molecule is CCOC(=O)c1c(C)[nH]c(C(=O)[C@@H](C)N2CCN(c3ccc(C(C)=O)cc3)CC2)c1C. The number of anilines is 1. The Morgan fingerprint density at radius 2 is 1.68 bits per heavy atom. The third-order valence-electron chi connectivity index (χ3n) is 6.04. The highest BCUT2D eigenvalue weighted by atomic mass is 16.5. The zero-order chi connectivity index (χ0) is 22.7. The molecule has 7 heteroatoms. The number of nitrogens with one attached hydrogen (secondary N) is 1. The van der Waals surface area contributed by atoms with Gasteiger partial charge in [-0.2, -0.15) is 0 Å². The van der Waals surface area contributed by atoms with Crippen molar-refractivity contribution < 1.29 is 19.1 Å². The number of esters is 1. The van der Waals surface area contributed by atoms with Gasteiger partial charge in [-0.1, -0.05) is 0 Å². The zero-order valence-electron chi connectivity index (χ0n) is 18.9. The third-order valence-corrected chi connectivity index (χ3v) is 6.04. The first-order chi connectivity index (χ1) is 14.7. The quantitative estimate of drug-likeness (QED) is 0.541. The molecule has 1 aromatic carbocycles. The number of ketones is 2. The van der Waals surface area contributed by atoms with E-state index in [1.165, 1.54) is 0 Å². The lowest BCUT2D eigenvalue weighted by atomic mass is 10.0. The lowest BCUT2D eigenvalue weighted by Crippen LogP contribution is -2.51. The second-order valence-corrected chi connectivity index (χ2v) is 8.01. The number of nitrogens with zero attached hydrogens (tertiary/aromatic N) is 2. The number of piperazine rings is 1. The normalized spacial score (nSPS) is 15.6. The van der Waals surface area contributed by atoms with Gasteiger partial charge < -0.3 is 14.6 Å². The Morgan fingerprint density at radius 1 is 1.06 bits per heavy atom. The summed E-state index contributed by atoms with van der Waals surface area (Å²) in [6.07, 6.45) is 0. The average Bonchev–Trinajstić information content (AvgIpc) is 3.07. The van der Waals surface area contributed by atoms with Gasteiger partial charge in [0, 0.05) is 43.1 Å². The summed E-state index contributed by atoms with van der Waals surface area (Å²) in [4.78, 5) is 44.4. The first-order valence-corrected chi connectivity index (χ1v) is 10.7. The summed E-state index contributed by atoms with van der Waals surface area (Å²) in [6, 6.07) is 7.36. The minimum Gasteiger partial charge on any atom is -0.462 e. The highest BCUT2D eigenvalue weighted by Crippen LogP contribution is 2.23. The van der Waals surface area contributed by atoms with E-state index < -0.39 is 5.97 Å². The van der Waals surface area contributed by atoms with Gasteiger partial charge in [0.2, 0.25) is 0 Å². The van der Waals surface area contributed by atoms with Crippen LogP contribution in [-0.4, -0.2) is 66.2 Å². The van der Waals surface area contributed by atoms with Gasteiger partial charge in [0.25, 0.3) is 0 Å². The molecule has 7 nitrogen and oxygen atoms in total. The smallest absolute Gasteiger partial charge is 0.340 e. The molecule has 2 aromatic rings. The number of rotatable bonds is 7. The van der Waals surface area contributed by atoms with Gasteiger partial charge in [-0.15, -0.1) is 0 Å². The molecule has 1 atom stereocenters. The molecule has 31 heavy (non-hydrogen) atoms. The first kappa shape index (κ1) is 22.7. The van der Waals surface area contributed by atoms with E-state index in [9.17, 15) is 14.4 Å². The number of carbonyl (C=O) groups is 3. The van der Waals surface area contributed by atoms with E-state index in [0.29, 0.717) is 34.7 Å². The fourth-order valence-electron chi connectivity index (χ4n) is 4.15. The first-order valence-electron chi connectivity index (χ1n) is 10.7. The molecule has 1 fully saturated rings.